The highest BCUT2D eigenvalue weighted by Gasteiger charge is 2.59. The summed E-state index contributed by atoms with van der Waals surface area (Å²) in [5, 5.41) is 0. The van der Waals surface area contributed by atoms with Crippen molar-refractivity contribution in [3.63, 3.8) is 0 Å². The molecule has 1 saturated carbocycles. The van der Waals surface area contributed by atoms with E-state index in [4.69, 9.17) is 0 Å². The fraction of sp³-hybridized carbons (Fsp3) is 0.157. The predicted octanol–water partition coefficient (Wildman–Crippen LogP) is 11.7. The monoisotopic (exact) mass is 664 g/mol. The number of hydrogen-bond donors (Lipinski definition) is 0. The van der Waals surface area contributed by atoms with E-state index in [1.54, 1.807) is 0 Å². The van der Waals surface area contributed by atoms with E-state index in [-0.39, 0.29) is 11.3 Å². The van der Waals surface area contributed by atoms with Crippen LogP contribution in [0.25, 0.3) is 33.4 Å². The van der Waals surface area contributed by atoms with Gasteiger partial charge in [0.15, 0.2) is 5.78 Å². The van der Waals surface area contributed by atoms with E-state index < -0.39 is 5.41 Å². The van der Waals surface area contributed by atoms with E-state index in [0.29, 0.717) is 17.6 Å². The number of rotatable bonds is 2. The number of carbonyl (C=O) groups is 1. The number of hydrogen-bond acceptors (Lipinski definition) is 1. The van der Waals surface area contributed by atoms with Gasteiger partial charge in [0.05, 0.1) is 10.8 Å². The Labute approximate surface area is 304 Å². The molecule has 0 radical (unpaired) electrons. The third kappa shape index (κ3) is 3.30. The molecule has 7 aromatic rings. The first-order valence-corrected chi connectivity index (χ1v) is 19.0. The van der Waals surface area contributed by atoms with Crippen molar-refractivity contribution in [2.75, 3.05) is 0 Å². The van der Waals surface area contributed by atoms with Gasteiger partial charge in [-0.25, -0.2) is 0 Å². The molecule has 3 atom stereocenters. The van der Waals surface area contributed by atoms with Crippen LogP contribution < -0.4 is 0 Å². The second-order valence-electron chi connectivity index (χ2n) is 15.7. The van der Waals surface area contributed by atoms with E-state index >= 15 is 4.79 Å². The van der Waals surface area contributed by atoms with Crippen LogP contribution in [-0.2, 0) is 10.8 Å². The summed E-state index contributed by atoms with van der Waals surface area (Å²) >= 11 is 0. The Morgan fingerprint density at radius 3 is 1.44 bits per heavy atom. The third-order valence-corrected chi connectivity index (χ3v) is 13.8. The van der Waals surface area contributed by atoms with Crippen LogP contribution in [0.2, 0.25) is 0 Å². The standard InChI is InChI=1S/C51H36O/c52-49(31-25-27-39-37-17-5-11-23-45(37)50(47(39)29-31)41-19-7-1-13-33(41)34-14-2-8-20-42(34)50)32-26-28-40-38-18-6-12-24-46(38)51(48(40)30-32)43-21-9-3-15-35(43)36-16-4-10-22-44(36)51/h1-25,27,29,32,40,48H,26,28,30H2. The smallest absolute Gasteiger partial charge is 0.165 e. The molecule has 0 aromatic heterocycles. The maximum atomic E-state index is 15.1. The van der Waals surface area contributed by atoms with Gasteiger partial charge in [-0.2, -0.15) is 0 Å². The second kappa shape index (κ2) is 10.2. The summed E-state index contributed by atoms with van der Waals surface area (Å²) in [7, 11) is 0. The Hall–Kier alpha value is -5.79. The summed E-state index contributed by atoms with van der Waals surface area (Å²) in [5.74, 6) is 1.02. The lowest BCUT2D eigenvalue weighted by Gasteiger charge is -2.42. The molecule has 7 aromatic carbocycles. The van der Waals surface area contributed by atoms with Gasteiger partial charge in [-0.05, 0) is 115 Å². The highest BCUT2D eigenvalue weighted by Crippen LogP contribution is 2.68. The van der Waals surface area contributed by atoms with Crippen molar-refractivity contribution >= 4 is 5.78 Å². The lowest BCUT2D eigenvalue weighted by molar-refractivity contribution is 0.0836. The molecule has 246 valence electrons. The molecule has 52 heavy (non-hydrogen) atoms. The summed E-state index contributed by atoms with van der Waals surface area (Å²) in [5.41, 5.74) is 18.9. The summed E-state index contributed by atoms with van der Waals surface area (Å²) in [6.07, 6.45) is 2.84. The zero-order valence-corrected chi connectivity index (χ0v) is 28.9. The van der Waals surface area contributed by atoms with Gasteiger partial charge in [-0.1, -0.05) is 158 Å². The molecule has 0 heterocycles. The molecule has 12 rings (SSSR count). The minimum absolute atomic E-state index is 0.0340. The zero-order chi connectivity index (χ0) is 34.2. The van der Waals surface area contributed by atoms with Gasteiger partial charge in [-0.3, -0.25) is 4.79 Å². The van der Waals surface area contributed by atoms with Crippen LogP contribution in [0.4, 0.5) is 0 Å². The Balaban J connectivity index is 1.01. The number of carbonyl (C=O) groups excluding carboxylic acids is 1. The van der Waals surface area contributed by atoms with E-state index in [1.165, 1.54) is 77.9 Å². The average molecular weight is 665 g/mol. The topological polar surface area (TPSA) is 17.1 Å². The minimum Gasteiger partial charge on any atom is -0.294 e. The van der Waals surface area contributed by atoms with Crippen molar-refractivity contribution < 1.29 is 4.79 Å². The van der Waals surface area contributed by atoms with Crippen LogP contribution in [0.1, 0.15) is 80.0 Å². The Bertz CT molecular complexity index is 2570. The molecule has 0 saturated heterocycles. The first-order chi connectivity index (χ1) is 25.7. The summed E-state index contributed by atoms with van der Waals surface area (Å²) in [6.45, 7) is 0. The van der Waals surface area contributed by atoms with Gasteiger partial charge in [0.2, 0.25) is 0 Å². The van der Waals surface area contributed by atoms with Crippen molar-refractivity contribution in [2.45, 2.75) is 36.0 Å². The van der Waals surface area contributed by atoms with Gasteiger partial charge in [0.1, 0.15) is 0 Å². The van der Waals surface area contributed by atoms with Gasteiger partial charge in [0, 0.05) is 11.5 Å². The average Bonchev–Trinajstić information content (AvgIpc) is 3.89. The largest absolute Gasteiger partial charge is 0.294 e. The van der Waals surface area contributed by atoms with Crippen LogP contribution in [0.5, 0.6) is 0 Å². The molecular formula is C51H36O. The fourth-order valence-corrected chi connectivity index (χ4v) is 12.1. The SMILES string of the molecule is O=C(c1ccc2c(c1)C1(c3ccccc3-c3ccccc31)c1ccccc1-2)C1CCC2c3ccccc3C3(c4ccccc4-c4ccccc43)C2C1. The highest BCUT2D eigenvalue weighted by atomic mass is 16.1. The molecule has 3 unspecified atom stereocenters. The van der Waals surface area contributed by atoms with Crippen molar-refractivity contribution in [3.05, 3.63) is 214 Å². The zero-order valence-electron chi connectivity index (χ0n) is 28.9. The van der Waals surface area contributed by atoms with Crippen LogP contribution in [0.3, 0.4) is 0 Å². The number of fused-ring (bicyclic) bond motifs is 20. The summed E-state index contributed by atoms with van der Waals surface area (Å²) < 4.78 is 0. The molecule has 0 N–H and O–H groups in total. The molecule has 0 aliphatic heterocycles. The molecule has 5 aliphatic rings. The van der Waals surface area contributed by atoms with Crippen LogP contribution in [0.15, 0.2) is 164 Å². The molecular weight excluding hydrogens is 629 g/mol. The lowest BCUT2D eigenvalue weighted by Crippen LogP contribution is -2.38. The first-order valence-electron chi connectivity index (χ1n) is 19.0. The number of ketones is 1. The van der Waals surface area contributed by atoms with E-state index in [0.717, 1.165) is 24.8 Å². The van der Waals surface area contributed by atoms with E-state index in [2.05, 4.69) is 164 Å². The quantitative estimate of drug-likeness (QED) is 0.168. The van der Waals surface area contributed by atoms with Crippen LogP contribution >= 0.6 is 0 Å². The third-order valence-electron chi connectivity index (χ3n) is 13.8. The summed E-state index contributed by atoms with van der Waals surface area (Å²) in [6, 6.07) is 60.8. The predicted molar refractivity (Wildman–Crippen MR) is 209 cm³/mol. The molecule has 5 aliphatic carbocycles. The second-order valence-corrected chi connectivity index (χ2v) is 15.7. The molecule has 0 amide bonds. The fourth-order valence-electron chi connectivity index (χ4n) is 12.1. The van der Waals surface area contributed by atoms with Gasteiger partial charge in [0.25, 0.3) is 0 Å². The van der Waals surface area contributed by atoms with Crippen molar-refractivity contribution in [2.24, 2.45) is 11.8 Å². The van der Waals surface area contributed by atoms with Crippen LogP contribution in [0, 0.1) is 11.8 Å². The minimum atomic E-state index is -0.443. The molecule has 2 spiro atoms. The van der Waals surface area contributed by atoms with Crippen molar-refractivity contribution in [1.29, 1.82) is 0 Å². The Kier molecular flexibility index (Phi) is 5.64. The Morgan fingerprint density at radius 1 is 0.442 bits per heavy atom. The molecule has 1 fully saturated rings. The number of benzene rings is 7. The van der Waals surface area contributed by atoms with Crippen LogP contribution in [-0.4, -0.2) is 5.78 Å². The van der Waals surface area contributed by atoms with E-state index in [1.807, 2.05) is 0 Å². The lowest BCUT2D eigenvalue weighted by atomic mass is 9.60. The first kappa shape index (κ1) is 28.9. The molecule has 0 bridgehead atoms. The van der Waals surface area contributed by atoms with Gasteiger partial charge in [-0.15, -0.1) is 0 Å². The Morgan fingerprint density at radius 2 is 0.885 bits per heavy atom. The normalized spacial score (nSPS) is 21.0. The summed E-state index contributed by atoms with van der Waals surface area (Å²) in [4.78, 5) is 15.1. The maximum absolute atomic E-state index is 15.1. The van der Waals surface area contributed by atoms with Gasteiger partial charge < -0.3 is 0 Å². The van der Waals surface area contributed by atoms with Crippen molar-refractivity contribution in [3.8, 4) is 33.4 Å². The molecule has 1 heteroatoms. The number of Topliss-reactive ketones (excluding diaryl/α,β-unsaturated/α-hetero) is 1. The molecule has 1 nitrogen and oxygen atoms in total. The van der Waals surface area contributed by atoms with E-state index in [9.17, 15) is 0 Å². The van der Waals surface area contributed by atoms with Crippen molar-refractivity contribution in [1.82, 2.24) is 0 Å². The maximum Gasteiger partial charge on any atom is 0.165 e. The van der Waals surface area contributed by atoms with Gasteiger partial charge >= 0.3 is 0 Å². The highest BCUT2D eigenvalue weighted by molar-refractivity contribution is 6.01.